The Balaban J connectivity index is 2.38. The van der Waals surface area contributed by atoms with Crippen molar-refractivity contribution < 1.29 is 0 Å². The van der Waals surface area contributed by atoms with Gasteiger partial charge in [0.05, 0.1) is 0 Å². The highest BCUT2D eigenvalue weighted by atomic mass is 32.1. The van der Waals surface area contributed by atoms with Crippen molar-refractivity contribution in [3.8, 4) is 0 Å². The van der Waals surface area contributed by atoms with E-state index >= 15 is 0 Å². The number of rotatable bonds is 4. The average molecular weight is 184 g/mol. The molecule has 1 atom stereocenters. The molecule has 0 fully saturated rings. The Morgan fingerprint density at radius 3 is 2.83 bits per heavy atom. The summed E-state index contributed by atoms with van der Waals surface area (Å²) in [5.74, 6) is 0. The third-order valence-corrected chi connectivity index (χ3v) is 2.87. The Labute approximate surface area is 77.8 Å². The molecule has 1 heterocycles. The van der Waals surface area contributed by atoms with Crippen LogP contribution in [0.3, 0.4) is 0 Å². The van der Waals surface area contributed by atoms with E-state index in [2.05, 4.69) is 29.9 Å². The first kappa shape index (κ1) is 9.71. The molecule has 0 aliphatic rings. The molecule has 1 aromatic heterocycles. The van der Waals surface area contributed by atoms with E-state index in [1.165, 1.54) is 11.1 Å². The largest absolute Gasteiger partial charge is 0.329 e. The van der Waals surface area contributed by atoms with Crippen LogP contribution in [0, 0.1) is 6.92 Å². The van der Waals surface area contributed by atoms with Crippen LogP contribution in [-0.4, -0.2) is 12.6 Å². The van der Waals surface area contributed by atoms with Crippen molar-refractivity contribution in [2.24, 2.45) is 5.73 Å². The molecule has 0 radical (unpaired) electrons. The fraction of sp³-hybridized carbons (Fsp3) is 0.556. The lowest BCUT2D eigenvalue weighted by Crippen LogP contribution is -2.32. The molecular weight excluding hydrogens is 168 g/mol. The summed E-state index contributed by atoms with van der Waals surface area (Å²) in [4.78, 5) is 0. The maximum absolute atomic E-state index is 5.49. The van der Waals surface area contributed by atoms with E-state index in [-0.39, 0.29) is 0 Å². The van der Waals surface area contributed by atoms with E-state index in [1.807, 2.05) is 0 Å². The number of aryl methyl sites for hydroxylation is 1. The number of hydrogen-bond acceptors (Lipinski definition) is 3. The fourth-order valence-electron chi connectivity index (χ4n) is 0.935. The molecule has 1 rings (SSSR count). The summed E-state index contributed by atoms with van der Waals surface area (Å²) < 4.78 is 0. The highest BCUT2D eigenvalue weighted by molar-refractivity contribution is 7.08. The van der Waals surface area contributed by atoms with E-state index in [0.717, 1.165) is 6.54 Å². The van der Waals surface area contributed by atoms with Gasteiger partial charge in [0.1, 0.15) is 0 Å². The van der Waals surface area contributed by atoms with Gasteiger partial charge in [-0.2, -0.15) is 11.3 Å². The van der Waals surface area contributed by atoms with Gasteiger partial charge in [-0.25, -0.2) is 0 Å². The lowest BCUT2D eigenvalue weighted by atomic mass is 10.2. The average Bonchev–Trinajstić information content (AvgIpc) is 2.47. The molecule has 3 heteroatoms. The first-order valence-corrected chi connectivity index (χ1v) is 5.13. The van der Waals surface area contributed by atoms with Crippen molar-refractivity contribution in [1.29, 1.82) is 0 Å². The topological polar surface area (TPSA) is 38.0 Å². The predicted molar refractivity (Wildman–Crippen MR) is 54.4 cm³/mol. The van der Waals surface area contributed by atoms with Crippen LogP contribution in [-0.2, 0) is 6.54 Å². The van der Waals surface area contributed by atoms with Crippen molar-refractivity contribution in [3.05, 3.63) is 21.9 Å². The third kappa shape index (κ3) is 2.59. The Bertz CT molecular complexity index is 232. The van der Waals surface area contributed by atoms with E-state index in [1.54, 1.807) is 11.3 Å². The molecular formula is C9H16N2S. The molecule has 0 saturated carbocycles. The van der Waals surface area contributed by atoms with Crippen molar-refractivity contribution >= 4 is 11.3 Å². The van der Waals surface area contributed by atoms with E-state index in [9.17, 15) is 0 Å². The van der Waals surface area contributed by atoms with Gasteiger partial charge >= 0.3 is 0 Å². The second kappa shape index (κ2) is 4.60. The molecule has 0 aliphatic heterocycles. The van der Waals surface area contributed by atoms with Gasteiger partial charge in [-0.15, -0.1) is 0 Å². The van der Waals surface area contributed by atoms with Gasteiger partial charge in [0, 0.05) is 19.1 Å². The fourth-order valence-corrected chi connectivity index (χ4v) is 1.79. The summed E-state index contributed by atoms with van der Waals surface area (Å²) in [6.07, 6.45) is 0. The third-order valence-electron chi connectivity index (χ3n) is 1.96. The zero-order valence-electron chi connectivity index (χ0n) is 7.63. The highest BCUT2D eigenvalue weighted by Crippen LogP contribution is 2.12. The Morgan fingerprint density at radius 2 is 2.33 bits per heavy atom. The van der Waals surface area contributed by atoms with E-state index in [4.69, 9.17) is 5.73 Å². The van der Waals surface area contributed by atoms with Crippen molar-refractivity contribution in [1.82, 2.24) is 5.32 Å². The molecule has 3 N–H and O–H groups in total. The molecule has 68 valence electrons. The monoisotopic (exact) mass is 184 g/mol. The van der Waals surface area contributed by atoms with Gasteiger partial charge in [-0.1, -0.05) is 0 Å². The van der Waals surface area contributed by atoms with Crippen LogP contribution in [0.1, 0.15) is 18.1 Å². The van der Waals surface area contributed by atoms with Crippen LogP contribution in [0.25, 0.3) is 0 Å². The van der Waals surface area contributed by atoms with Crippen LogP contribution in [0.15, 0.2) is 10.8 Å². The first-order chi connectivity index (χ1) is 5.74. The molecule has 0 bridgehead atoms. The molecule has 1 aromatic rings. The number of nitrogens with one attached hydrogen (secondary N) is 1. The van der Waals surface area contributed by atoms with Crippen LogP contribution < -0.4 is 11.1 Å². The van der Waals surface area contributed by atoms with Crippen LogP contribution in [0.4, 0.5) is 0 Å². The highest BCUT2D eigenvalue weighted by Gasteiger charge is 2.01. The van der Waals surface area contributed by atoms with Gasteiger partial charge in [0.2, 0.25) is 0 Å². The molecule has 0 aliphatic carbocycles. The van der Waals surface area contributed by atoms with Crippen molar-refractivity contribution in [2.45, 2.75) is 26.4 Å². The Kier molecular flexibility index (Phi) is 3.72. The summed E-state index contributed by atoms with van der Waals surface area (Å²) in [6.45, 7) is 5.87. The van der Waals surface area contributed by atoms with Crippen molar-refractivity contribution in [3.63, 3.8) is 0 Å². The summed E-state index contributed by atoms with van der Waals surface area (Å²) in [5.41, 5.74) is 8.25. The second-order valence-corrected chi connectivity index (χ2v) is 3.84. The zero-order chi connectivity index (χ0) is 8.97. The second-order valence-electron chi connectivity index (χ2n) is 3.10. The quantitative estimate of drug-likeness (QED) is 0.744. The number of nitrogens with two attached hydrogens (primary N) is 1. The van der Waals surface area contributed by atoms with Gasteiger partial charge in [0.15, 0.2) is 0 Å². The standard InChI is InChI=1S/C9H16N2S/c1-7-5-12-6-9(7)4-11-8(2)3-10/h5-6,8,11H,3-4,10H2,1-2H3/t8-/m1/s1. The van der Waals surface area contributed by atoms with Crippen molar-refractivity contribution in [2.75, 3.05) is 6.54 Å². The molecule has 12 heavy (non-hydrogen) atoms. The molecule has 0 aromatic carbocycles. The Morgan fingerprint density at radius 1 is 1.58 bits per heavy atom. The zero-order valence-corrected chi connectivity index (χ0v) is 8.45. The SMILES string of the molecule is Cc1cscc1CN[C@H](C)CN. The smallest absolute Gasteiger partial charge is 0.0219 e. The first-order valence-electron chi connectivity index (χ1n) is 4.19. The van der Waals surface area contributed by atoms with Crippen LogP contribution in [0.2, 0.25) is 0 Å². The summed E-state index contributed by atoms with van der Waals surface area (Å²) >= 11 is 1.75. The lowest BCUT2D eigenvalue weighted by molar-refractivity contribution is 0.556. The molecule has 0 spiro atoms. The minimum absolute atomic E-state index is 0.407. The number of thiophene rings is 1. The minimum atomic E-state index is 0.407. The number of hydrogen-bond donors (Lipinski definition) is 2. The molecule has 0 saturated heterocycles. The summed E-state index contributed by atoms with van der Waals surface area (Å²) in [6, 6.07) is 0.407. The van der Waals surface area contributed by atoms with Gasteiger partial charge in [-0.3, -0.25) is 0 Å². The summed E-state index contributed by atoms with van der Waals surface area (Å²) in [5, 5.41) is 7.71. The maximum atomic E-state index is 5.49. The Hall–Kier alpha value is -0.380. The molecule has 0 amide bonds. The molecule has 0 unspecified atom stereocenters. The minimum Gasteiger partial charge on any atom is -0.329 e. The van der Waals surface area contributed by atoms with Gasteiger partial charge < -0.3 is 11.1 Å². The lowest BCUT2D eigenvalue weighted by Gasteiger charge is -2.10. The van der Waals surface area contributed by atoms with E-state index in [0.29, 0.717) is 12.6 Å². The van der Waals surface area contributed by atoms with E-state index < -0.39 is 0 Å². The predicted octanol–water partition coefficient (Wildman–Crippen LogP) is 1.49. The van der Waals surface area contributed by atoms with Gasteiger partial charge in [0.25, 0.3) is 0 Å². The van der Waals surface area contributed by atoms with Crippen LogP contribution in [0.5, 0.6) is 0 Å². The maximum Gasteiger partial charge on any atom is 0.0219 e. The normalized spacial score (nSPS) is 13.2. The molecule has 2 nitrogen and oxygen atoms in total. The summed E-state index contributed by atoms with van der Waals surface area (Å²) in [7, 11) is 0. The van der Waals surface area contributed by atoms with Gasteiger partial charge in [-0.05, 0) is 35.7 Å². The van der Waals surface area contributed by atoms with Crippen LogP contribution >= 0.6 is 11.3 Å².